The highest BCUT2D eigenvalue weighted by Gasteiger charge is 2.45. The lowest BCUT2D eigenvalue weighted by molar-refractivity contribution is -0.143. The maximum atomic E-state index is 14.8. The van der Waals surface area contributed by atoms with E-state index >= 15 is 0 Å². The zero-order chi connectivity index (χ0) is 22.4. The van der Waals surface area contributed by atoms with Crippen molar-refractivity contribution in [2.75, 3.05) is 13.9 Å². The maximum Gasteiger partial charge on any atom is 0.315 e. The molecule has 32 heavy (non-hydrogen) atoms. The van der Waals surface area contributed by atoms with Gasteiger partial charge >= 0.3 is 5.97 Å². The third kappa shape index (κ3) is 3.28. The van der Waals surface area contributed by atoms with Gasteiger partial charge in [0.1, 0.15) is 11.7 Å². The lowest BCUT2D eigenvalue weighted by atomic mass is 9.69. The molecular formula is C25H22FNO5. The summed E-state index contributed by atoms with van der Waals surface area (Å²) in [6.07, 6.45) is 0.753. The molecule has 0 fully saturated rings. The van der Waals surface area contributed by atoms with Crippen LogP contribution in [-0.4, -0.2) is 31.4 Å². The number of allylic oxidation sites excluding steroid dienone is 2. The van der Waals surface area contributed by atoms with Gasteiger partial charge in [-0.05, 0) is 48.6 Å². The molecule has 2 heterocycles. The molecule has 3 aliphatic rings. The van der Waals surface area contributed by atoms with Gasteiger partial charge in [-0.25, -0.2) is 4.39 Å². The minimum atomic E-state index is -0.846. The van der Waals surface area contributed by atoms with Gasteiger partial charge in [-0.1, -0.05) is 24.3 Å². The number of benzene rings is 2. The number of carbonyl (C=O) groups is 2. The number of halogens is 1. The Morgan fingerprint density at radius 1 is 1.12 bits per heavy atom. The van der Waals surface area contributed by atoms with E-state index in [0.717, 1.165) is 5.56 Å². The first-order valence-electron chi connectivity index (χ1n) is 10.5. The summed E-state index contributed by atoms with van der Waals surface area (Å²) in [6.45, 7) is 1.91. The molecule has 164 valence electrons. The lowest BCUT2D eigenvalue weighted by Crippen LogP contribution is -2.38. The molecule has 5 rings (SSSR count). The molecule has 1 aliphatic carbocycles. The average Bonchev–Trinajstić information content (AvgIpc) is 3.26. The van der Waals surface area contributed by atoms with Crippen molar-refractivity contribution < 1.29 is 28.2 Å². The van der Waals surface area contributed by atoms with Gasteiger partial charge in [0.15, 0.2) is 17.3 Å². The highest BCUT2D eigenvalue weighted by molar-refractivity contribution is 6.09. The summed E-state index contributed by atoms with van der Waals surface area (Å²) in [5.41, 5.74) is 2.80. The minimum absolute atomic E-state index is 0.0942. The zero-order valence-electron chi connectivity index (χ0n) is 17.8. The predicted octanol–water partition coefficient (Wildman–Crippen LogP) is 4.30. The van der Waals surface area contributed by atoms with Crippen LogP contribution in [0.15, 0.2) is 58.7 Å². The van der Waals surface area contributed by atoms with Crippen molar-refractivity contribution >= 4 is 17.5 Å². The Morgan fingerprint density at radius 2 is 1.91 bits per heavy atom. The topological polar surface area (TPSA) is 74.2 Å². The molecule has 0 aromatic heterocycles. The lowest BCUT2D eigenvalue weighted by Gasteiger charge is -2.36. The van der Waals surface area contributed by atoms with Crippen molar-refractivity contribution in [3.63, 3.8) is 0 Å². The van der Waals surface area contributed by atoms with Gasteiger partial charge in [-0.15, -0.1) is 0 Å². The van der Waals surface area contributed by atoms with Gasteiger partial charge in [0, 0.05) is 29.3 Å². The molecule has 0 amide bonds. The third-order valence-electron chi connectivity index (χ3n) is 6.45. The molecule has 0 spiro atoms. The van der Waals surface area contributed by atoms with E-state index in [4.69, 9.17) is 14.2 Å². The summed E-state index contributed by atoms with van der Waals surface area (Å²) >= 11 is 0. The van der Waals surface area contributed by atoms with Gasteiger partial charge in [-0.2, -0.15) is 0 Å². The van der Waals surface area contributed by atoms with Crippen LogP contribution in [0.5, 0.6) is 11.5 Å². The van der Waals surface area contributed by atoms with Crippen molar-refractivity contribution in [1.29, 1.82) is 0 Å². The monoisotopic (exact) mass is 435 g/mol. The van der Waals surface area contributed by atoms with Crippen LogP contribution in [0.25, 0.3) is 0 Å². The Balaban J connectivity index is 1.58. The number of esters is 1. The van der Waals surface area contributed by atoms with Crippen molar-refractivity contribution in [3.05, 3.63) is 70.7 Å². The van der Waals surface area contributed by atoms with Crippen LogP contribution in [0.2, 0.25) is 0 Å². The first-order valence-corrected chi connectivity index (χ1v) is 10.5. The zero-order valence-corrected chi connectivity index (χ0v) is 17.8. The maximum absolute atomic E-state index is 14.8. The number of ketones is 1. The summed E-state index contributed by atoms with van der Waals surface area (Å²) in [4.78, 5) is 30.8. The summed E-state index contributed by atoms with van der Waals surface area (Å²) in [5, 5.41) is 0. The molecule has 7 heteroatoms. The van der Waals surface area contributed by atoms with E-state index in [1.165, 1.54) is 13.2 Å². The fourth-order valence-corrected chi connectivity index (χ4v) is 4.96. The number of Topliss-reactive ketones (excluding diaryl/α,β-unsaturated/α-hetero) is 1. The molecular weight excluding hydrogens is 413 g/mol. The highest BCUT2D eigenvalue weighted by Crippen LogP contribution is 2.48. The number of methoxy groups -OCH3 is 1. The Labute approximate surface area is 184 Å². The van der Waals surface area contributed by atoms with Crippen molar-refractivity contribution in [2.45, 2.75) is 31.6 Å². The molecule has 0 bridgehead atoms. The third-order valence-corrected chi connectivity index (χ3v) is 6.45. The van der Waals surface area contributed by atoms with Gasteiger partial charge in [-0.3, -0.25) is 14.6 Å². The number of hydrogen-bond donors (Lipinski definition) is 0. The Hall–Kier alpha value is -3.48. The normalized spacial score (nSPS) is 24.2. The van der Waals surface area contributed by atoms with Crippen LogP contribution >= 0.6 is 0 Å². The number of rotatable bonds is 3. The van der Waals surface area contributed by atoms with E-state index in [1.807, 2.05) is 18.2 Å². The van der Waals surface area contributed by atoms with Gasteiger partial charge in [0.05, 0.1) is 7.11 Å². The number of ether oxygens (including phenoxy) is 3. The first-order chi connectivity index (χ1) is 15.5. The molecule has 2 aliphatic heterocycles. The van der Waals surface area contributed by atoms with Gasteiger partial charge < -0.3 is 14.2 Å². The van der Waals surface area contributed by atoms with Crippen LogP contribution < -0.4 is 9.47 Å². The van der Waals surface area contributed by atoms with Crippen LogP contribution in [0.4, 0.5) is 4.39 Å². The summed E-state index contributed by atoms with van der Waals surface area (Å²) in [7, 11) is 1.29. The Morgan fingerprint density at radius 3 is 2.69 bits per heavy atom. The standard InChI is InChI=1S/C25H22FNO5/c1-13-22(25(29)30-2)23(16-5-3-4-6-17(16)26)24-18(27-13)9-15(10-19(24)28)14-7-8-20-21(11-14)32-12-31-20/h3-8,11,15,22-23H,9-10,12H2,1-2H3/t15-,22?,23-/m0/s1. The molecule has 0 saturated carbocycles. The van der Waals surface area contributed by atoms with E-state index in [-0.39, 0.29) is 24.9 Å². The second kappa shape index (κ2) is 7.89. The fraction of sp³-hybridized carbons (Fsp3) is 0.320. The average molecular weight is 435 g/mol. The van der Waals surface area contributed by atoms with Crippen LogP contribution in [0.3, 0.4) is 0 Å². The molecule has 0 saturated heterocycles. The van der Waals surface area contributed by atoms with Crippen molar-refractivity contribution in [2.24, 2.45) is 10.9 Å². The van der Waals surface area contributed by atoms with Gasteiger partial charge in [0.2, 0.25) is 6.79 Å². The molecule has 0 N–H and O–H groups in total. The smallest absolute Gasteiger partial charge is 0.315 e. The van der Waals surface area contributed by atoms with E-state index < -0.39 is 23.6 Å². The molecule has 2 aromatic rings. The molecule has 0 radical (unpaired) electrons. The second-order valence-corrected chi connectivity index (χ2v) is 8.25. The van der Waals surface area contributed by atoms with Gasteiger partial charge in [0.25, 0.3) is 0 Å². The quantitative estimate of drug-likeness (QED) is 0.672. The SMILES string of the molecule is COC(=O)C1C(C)=NC2=C(C(=O)C[C@@H](c3ccc4c(c3)OCO4)C2)[C@H]1c1ccccc1F. The fourth-order valence-electron chi connectivity index (χ4n) is 4.96. The summed E-state index contributed by atoms with van der Waals surface area (Å²) < 4.78 is 30.7. The highest BCUT2D eigenvalue weighted by atomic mass is 19.1. The minimum Gasteiger partial charge on any atom is -0.468 e. The summed E-state index contributed by atoms with van der Waals surface area (Å²) in [6, 6.07) is 11.9. The predicted molar refractivity (Wildman–Crippen MR) is 114 cm³/mol. The van der Waals surface area contributed by atoms with E-state index in [1.54, 1.807) is 25.1 Å². The molecule has 6 nitrogen and oxygen atoms in total. The molecule has 1 unspecified atom stereocenters. The summed E-state index contributed by atoms with van der Waals surface area (Å²) in [5.74, 6) is -1.48. The molecule has 2 aromatic carbocycles. The van der Waals surface area contributed by atoms with Crippen LogP contribution in [0, 0.1) is 11.7 Å². The van der Waals surface area contributed by atoms with E-state index in [0.29, 0.717) is 40.5 Å². The molecule has 3 atom stereocenters. The number of aliphatic imine (C=N–C) groups is 1. The Bertz CT molecular complexity index is 1180. The Kier molecular flexibility index (Phi) is 5.04. The number of hydrogen-bond acceptors (Lipinski definition) is 6. The first kappa shape index (κ1) is 20.4. The number of fused-ring (bicyclic) bond motifs is 1. The van der Waals surface area contributed by atoms with Crippen molar-refractivity contribution in [1.82, 2.24) is 0 Å². The second-order valence-electron chi connectivity index (χ2n) is 8.25. The van der Waals surface area contributed by atoms with E-state index in [2.05, 4.69) is 4.99 Å². The van der Waals surface area contributed by atoms with E-state index in [9.17, 15) is 14.0 Å². The van der Waals surface area contributed by atoms with Crippen LogP contribution in [0.1, 0.15) is 42.7 Å². The number of carbonyl (C=O) groups excluding carboxylic acids is 2. The number of nitrogens with zero attached hydrogens (tertiary/aromatic N) is 1. The van der Waals surface area contributed by atoms with Crippen LogP contribution in [-0.2, 0) is 14.3 Å². The van der Waals surface area contributed by atoms with Crippen molar-refractivity contribution in [3.8, 4) is 11.5 Å². The largest absolute Gasteiger partial charge is 0.468 e.